The fourth-order valence-corrected chi connectivity index (χ4v) is 2.01. The van der Waals surface area contributed by atoms with Gasteiger partial charge in [-0.1, -0.05) is 26.0 Å². The highest BCUT2D eigenvalue weighted by Gasteiger charge is 2.25. The Kier molecular flexibility index (Phi) is 3.14. The van der Waals surface area contributed by atoms with Crippen molar-refractivity contribution in [2.75, 3.05) is 0 Å². The summed E-state index contributed by atoms with van der Waals surface area (Å²) in [5, 5.41) is 9.64. The quantitative estimate of drug-likeness (QED) is 0.894. The van der Waals surface area contributed by atoms with Gasteiger partial charge in [0.05, 0.1) is 17.2 Å². The molecule has 2 rings (SSSR count). The maximum atomic E-state index is 12.2. The molecule has 1 aromatic heterocycles. The highest BCUT2D eigenvalue weighted by molar-refractivity contribution is 5.78. The van der Waals surface area contributed by atoms with Crippen LogP contribution in [0.15, 0.2) is 35.4 Å². The van der Waals surface area contributed by atoms with E-state index in [4.69, 9.17) is 0 Å². The lowest BCUT2D eigenvalue weighted by molar-refractivity contribution is -0.142. The largest absolute Gasteiger partial charge is 0.480 e. The third-order valence-electron chi connectivity index (χ3n) is 2.87. The fraction of sp³-hybridized carbons (Fsp3) is 0.308. The lowest BCUT2D eigenvalue weighted by atomic mass is 10.0. The molecule has 0 saturated heterocycles. The van der Waals surface area contributed by atoms with Gasteiger partial charge < -0.3 is 5.11 Å². The van der Waals surface area contributed by atoms with Crippen LogP contribution in [0.3, 0.4) is 0 Å². The topological polar surface area (TPSA) is 72.2 Å². The van der Waals surface area contributed by atoms with Crippen LogP contribution in [0.25, 0.3) is 10.9 Å². The molecule has 0 saturated carbocycles. The van der Waals surface area contributed by atoms with Crippen molar-refractivity contribution in [3.8, 4) is 0 Å². The molecule has 0 fully saturated rings. The summed E-state index contributed by atoms with van der Waals surface area (Å²) in [6, 6.07) is 6.01. The third-order valence-corrected chi connectivity index (χ3v) is 2.87. The van der Waals surface area contributed by atoms with E-state index in [0.717, 1.165) is 0 Å². The predicted molar refractivity (Wildman–Crippen MR) is 67.5 cm³/mol. The van der Waals surface area contributed by atoms with Crippen LogP contribution in [0.5, 0.6) is 0 Å². The van der Waals surface area contributed by atoms with Crippen molar-refractivity contribution in [3.05, 3.63) is 40.9 Å². The van der Waals surface area contributed by atoms with Crippen molar-refractivity contribution >= 4 is 16.9 Å². The minimum atomic E-state index is -1.02. The second-order valence-corrected chi connectivity index (χ2v) is 4.50. The minimum Gasteiger partial charge on any atom is -0.480 e. The summed E-state index contributed by atoms with van der Waals surface area (Å²) in [6.07, 6.45) is 1.31. The summed E-state index contributed by atoms with van der Waals surface area (Å²) in [4.78, 5) is 27.6. The van der Waals surface area contributed by atoms with E-state index in [-0.39, 0.29) is 11.5 Å². The maximum absolute atomic E-state index is 12.2. The van der Waals surface area contributed by atoms with Crippen LogP contribution in [0.1, 0.15) is 19.9 Å². The zero-order chi connectivity index (χ0) is 13.3. The van der Waals surface area contributed by atoms with Gasteiger partial charge in [0, 0.05) is 0 Å². The van der Waals surface area contributed by atoms with Crippen LogP contribution < -0.4 is 5.56 Å². The molecular weight excluding hydrogens is 232 g/mol. The highest BCUT2D eigenvalue weighted by atomic mass is 16.4. The van der Waals surface area contributed by atoms with Crippen LogP contribution in [-0.2, 0) is 4.79 Å². The van der Waals surface area contributed by atoms with E-state index in [1.54, 1.807) is 38.1 Å². The lowest BCUT2D eigenvalue weighted by Gasteiger charge is -2.18. The molecule has 1 N–H and O–H groups in total. The van der Waals surface area contributed by atoms with Crippen LogP contribution in [0.2, 0.25) is 0 Å². The van der Waals surface area contributed by atoms with Gasteiger partial charge in [0.25, 0.3) is 5.56 Å². The van der Waals surface area contributed by atoms with Crippen molar-refractivity contribution in [2.24, 2.45) is 5.92 Å². The number of carbonyl (C=O) groups is 1. The lowest BCUT2D eigenvalue weighted by Crippen LogP contribution is -2.33. The molecular formula is C13H14N2O3. The van der Waals surface area contributed by atoms with Gasteiger partial charge in [0.2, 0.25) is 0 Å². The number of benzene rings is 1. The Morgan fingerprint density at radius 1 is 1.33 bits per heavy atom. The van der Waals surface area contributed by atoms with Crippen molar-refractivity contribution in [1.82, 2.24) is 9.55 Å². The van der Waals surface area contributed by atoms with E-state index >= 15 is 0 Å². The first-order valence-electron chi connectivity index (χ1n) is 5.71. The first-order chi connectivity index (χ1) is 8.52. The van der Waals surface area contributed by atoms with Gasteiger partial charge in [-0.15, -0.1) is 0 Å². The van der Waals surface area contributed by atoms with Gasteiger partial charge in [0.15, 0.2) is 0 Å². The van der Waals surface area contributed by atoms with Gasteiger partial charge >= 0.3 is 5.97 Å². The summed E-state index contributed by atoms with van der Waals surface area (Å²) < 4.78 is 1.19. The Balaban J connectivity index is 2.68. The Morgan fingerprint density at radius 3 is 2.61 bits per heavy atom. The SMILES string of the molecule is CC(C)[C@@H](C(=O)O)n1cnc2ccccc2c1=O. The third kappa shape index (κ3) is 1.99. The second kappa shape index (κ2) is 4.60. The van der Waals surface area contributed by atoms with Crippen molar-refractivity contribution < 1.29 is 9.90 Å². The summed E-state index contributed by atoms with van der Waals surface area (Å²) in [6.45, 7) is 3.53. The van der Waals surface area contributed by atoms with Gasteiger partial charge in [-0.25, -0.2) is 9.78 Å². The Hall–Kier alpha value is -2.17. The molecule has 5 nitrogen and oxygen atoms in total. The molecule has 0 aliphatic carbocycles. The first kappa shape index (κ1) is 12.3. The molecule has 0 spiro atoms. The number of para-hydroxylation sites is 1. The van der Waals surface area contributed by atoms with E-state index < -0.39 is 12.0 Å². The smallest absolute Gasteiger partial charge is 0.327 e. The molecule has 94 valence electrons. The average molecular weight is 246 g/mol. The molecule has 1 atom stereocenters. The van der Waals surface area contributed by atoms with E-state index in [9.17, 15) is 14.7 Å². The van der Waals surface area contributed by atoms with Crippen LogP contribution >= 0.6 is 0 Å². The number of fused-ring (bicyclic) bond motifs is 1. The van der Waals surface area contributed by atoms with E-state index in [1.807, 2.05) is 0 Å². The van der Waals surface area contributed by atoms with E-state index in [1.165, 1.54) is 10.9 Å². The van der Waals surface area contributed by atoms with Crippen LogP contribution in [0, 0.1) is 5.92 Å². The number of nitrogens with zero attached hydrogens (tertiary/aromatic N) is 2. The number of aromatic nitrogens is 2. The molecule has 0 aliphatic rings. The fourth-order valence-electron chi connectivity index (χ4n) is 2.01. The van der Waals surface area contributed by atoms with Crippen LogP contribution in [-0.4, -0.2) is 20.6 Å². The first-order valence-corrected chi connectivity index (χ1v) is 5.71. The van der Waals surface area contributed by atoms with Gasteiger partial charge in [-0.2, -0.15) is 0 Å². The normalized spacial score (nSPS) is 12.8. The Labute approximate surface area is 104 Å². The Bertz CT molecular complexity index is 646. The van der Waals surface area contributed by atoms with Crippen molar-refractivity contribution in [2.45, 2.75) is 19.9 Å². The molecule has 1 aromatic carbocycles. The average Bonchev–Trinajstić information content (AvgIpc) is 2.32. The van der Waals surface area contributed by atoms with Gasteiger partial charge in [-0.3, -0.25) is 9.36 Å². The second-order valence-electron chi connectivity index (χ2n) is 4.50. The van der Waals surface area contributed by atoms with Gasteiger partial charge in [-0.05, 0) is 18.1 Å². The molecule has 18 heavy (non-hydrogen) atoms. The summed E-state index contributed by atoms with van der Waals surface area (Å²) in [5.74, 6) is -1.22. The molecule has 0 unspecified atom stereocenters. The number of carboxylic acid groups (broad SMARTS) is 1. The standard InChI is InChI=1S/C13H14N2O3/c1-8(2)11(13(17)18)15-7-14-10-6-4-3-5-9(10)12(15)16/h3-8,11H,1-2H3,(H,17,18)/t11-/m0/s1. The monoisotopic (exact) mass is 246 g/mol. The van der Waals surface area contributed by atoms with E-state index in [2.05, 4.69) is 4.98 Å². The molecule has 5 heteroatoms. The zero-order valence-electron chi connectivity index (χ0n) is 10.2. The molecule has 0 bridgehead atoms. The number of hydrogen-bond donors (Lipinski definition) is 1. The zero-order valence-corrected chi connectivity index (χ0v) is 10.2. The number of rotatable bonds is 3. The molecule has 0 aliphatic heterocycles. The molecule has 2 aromatic rings. The molecule has 1 heterocycles. The number of carboxylic acids is 1. The predicted octanol–water partition coefficient (Wildman–Crippen LogP) is 1.68. The van der Waals surface area contributed by atoms with E-state index in [0.29, 0.717) is 10.9 Å². The number of aliphatic carboxylic acids is 1. The highest BCUT2D eigenvalue weighted by Crippen LogP contribution is 2.16. The minimum absolute atomic E-state index is 0.192. The molecule has 0 amide bonds. The summed E-state index contributed by atoms with van der Waals surface area (Å²) in [7, 11) is 0. The van der Waals surface area contributed by atoms with Crippen molar-refractivity contribution in [3.63, 3.8) is 0 Å². The van der Waals surface area contributed by atoms with Crippen molar-refractivity contribution in [1.29, 1.82) is 0 Å². The number of hydrogen-bond acceptors (Lipinski definition) is 3. The Morgan fingerprint density at radius 2 is 2.00 bits per heavy atom. The summed E-state index contributed by atoms with van der Waals surface area (Å²) >= 11 is 0. The molecule has 0 radical (unpaired) electrons. The van der Waals surface area contributed by atoms with Crippen LogP contribution in [0.4, 0.5) is 0 Å². The maximum Gasteiger partial charge on any atom is 0.327 e. The van der Waals surface area contributed by atoms with Gasteiger partial charge in [0.1, 0.15) is 6.04 Å². The summed E-state index contributed by atoms with van der Waals surface area (Å²) in [5.41, 5.74) is 0.258.